The summed E-state index contributed by atoms with van der Waals surface area (Å²) in [5, 5.41) is 0. The van der Waals surface area contributed by atoms with Gasteiger partial charge in [-0.3, -0.25) is 9.80 Å². The largest absolute Gasteiger partial charge is 0.375 e. The number of anilines is 2. The quantitative estimate of drug-likeness (QED) is 0.746. The highest BCUT2D eigenvalue weighted by molar-refractivity contribution is 5.50. The molecular weight excluding hydrogens is 364 g/mol. The molecule has 2 saturated heterocycles. The van der Waals surface area contributed by atoms with E-state index in [0.717, 1.165) is 77.1 Å². The number of ether oxygens (including phenoxy) is 1. The van der Waals surface area contributed by atoms with E-state index in [1.165, 1.54) is 0 Å². The fraction of sp³-hybridized carbons (Fsp3) is 0.818. The van der Waals surface area contributed by atoms with E-state index in [9.17, 15) is 0 Å². The summed E-state index contributed by atoms with van der Waals surface area (Å²) in [7, 11) is 0. The van der Waals surface area contributed by atoms with Crippen molar-refractivity contribution in [3.05, 3.63) is 12.4 Å². The molecule has 0 bridgehead atoms. The van der Waals surface area contributed by atoms with Crippen molar-refractivity contribution in [2.75, 3.05) is 75.3 Å². The van der Waals surface area contributed by atoms with Crippen LogP contribution in [0.2, 0.25) is 0 Å². The van der Waals surface area contributed by atoms with Gasteiger partial charge in [-0.2, -0.15) is 0 Å². The minimum Gasteiger partial charge on any atom is -0.375 e. The highest BCUT2D eigenvalue weighted by Crippen LogP contribution is 2.22. The van der Waals surface area contributed by atoms with Crippen LogP contribution in [0.1, 0.15) is 41.5 Å². The minimum absolute atomic E-state index is 0.0580. The summed E-state index contributed by atoms with van der Waals surface area (Å²) < 4.78 is 5.87. The minimum atomic E-state index is -0.0580. The molecule has 1 aromatic rings. The Morgan fingerprint density at radius 1 is 0.793 bits per heavy atom. The summed E-state index contributed by atoms with van der Waals surface area (Å²) in [5.74, 6) is 2.11. The summed E-state index contributed by atoms with van der Waals surface area (Å²) in [6, 6.07) is 2.17. The number of piperazine rings is 2. The van der Waals surface area contributed by atoms with Crippen molar-refractivity contribution in [1.82, 2.24) is 19.8 Å². The average molecular weight is 405 g/mol. The number of aromatic nitrogens is 2. The summed E-state index contributed by atoms with van der Waals surface area (Å²) in [4.78, 5) is 18.9. The predicted octanol–water partition coefficient (Wildman–Crippen LogP) is 2.33. The Morgan fingerprint density at radius 2 is 1.31 bits per heavy atom. The zero-order chi connectivity index (χ0) is 21.1. The second-order valence-corrected chi connectivity index (χ2v) is 10.2. The summed E-state index contributed by atoms with van der Waals surface area (Å²) in [6.07, 6.45) is 1.73. The van der Waals surface area contributed by atoms with Gasteiger partial charge in [-0.15, -0.1) is 0 Å². The van der Waals surface area contributed by atoms with Gasteiger partial charge in [0.15, 0.2) is 0 Å². The zero-order valence-electron chi connectivity index (χ0n) is 19.3. The topological polar surface area (TPSA) is 48.0 Å². The first-order valence-electron chi connectivity index (χ1n) is 11.1. The van der Waals surface area contributed by atoms with E-state index in [-0.39, 0.29) is 11.1 Å². The van der Waals surface area contributed by atoms with Crippen LogP contribution in [0.25, 0.3) is 0 Å². The maximum absolute atomic E-state index is 5.87. The molecule has 0 aliphatic carbocycles. The third kappa shape index (κ3) is 6.52. The van der Waals surface area contributed by atoms with Crippen LogP contribution in [-0.2, 0) is 4.74 Å². The molecule has 0 radical (unpaired) electrons. The number of nitrogens with zero attached hydrogens (tertiary/aromatic N) is 6. The lowest BCUT2D eigenvalue weighted by molar-refractivity contribution is -0.0135. The van der Waals surface area contributed by atoms with Gasteiger partial charge in [0.25, 0.3) is 0 Å². The van der Waals surface area contributed by atoms with Gasteiger partial charge < -0.3 is 14.5 Å². The smallest absolute Gasteiger partial charge is 0.134 e. The molecule has 0 N–H and O–H groups in total. The van der Waals surface area contributed by atoms with Crippen LogP contribution >= 0.6 is 0 Å². The third-order valence-corrected chi connectivity index (χ3v) is 5.83. The van der Waals surface area contributed by atoms with E-state index >= 15 is 0 Å². The van der Waals surface area contributed by atoms with E-state index in [1.54, 1.807) is 6.33 Å². The van der Waals surface area contributed by atoms with Crippen LogP contribution in [0.3, 0.4) is 0 Å². The van der Waals surface area contributed by atoms with E-state index in [4.69, 9.17) is 4.74 Å². The molecule has 3 heterocycles. The van der Waals surface area contributed by atoms with Crippen molar-refractivity contribution in [2.45, 2.75) is 52.7 Å². The molecule has 0 atom stereocenters. The molecule has 7 nitrogen and oxygen atoms in total. The molecule has 1 aromatic heterocycles. The summed E-state index contributed by atoms with van der Waals surface area (Å²) in [6.45, 7) is 23.3. The van der Waals surface area contributed by atoms with Crippen LogP contribution in [0, 0.1) is 0 Å². The fourth-order valence-corrected chi connectivity index (χ4v) is 3.97. The molecule has 164 valence electrons. The molecule has 7 heteroatoms. The van der Waals surface area contributed by atoms with Crippen molar-refractivity contribution < 1.29 is 4.74 Å². The van der Waals surface area contributed by atoms with Gasteiger partial charge in [0, 0.05) is 70.5 Å². The lowest BCUT2D eigenvalue weighted by Crippen LogP contribution is -2.53. The molecule has 2 aliphatic heterocycles. The summed E-state index contributed by atoms with van der Waals surface area (Å²) in [5.41, 5.74) is 0.179. The van der Waals surface area contributed by atoms with Crippen molar-refractivity contribution >= 4 is 11.6 Å². The van der Waals surface area contributed by atoms with Gasteiger partial charge in [0.2, 0.25) is 0 Å². The Morgan fingerprint density at radius 3 is 1.79 bits per heavy atom. The van der Waals surface area contributed by atoms with Crippen molar-refractivity contribution in [3.63, 3.8) is 0 Å². The van der Waals surface area contributed by atoms with Gasteiger partial charge in [-0.1, -0.05) is 0 Å². The molecule has 2 fully saturated rings. The van der Waals surface area contributed by atoms with Crippen molar-refractivity contribution in [3.8, 4) is 0 Å². The van der Waals surface area contributed by atoms with Crippen LogP contribution in [0.15, 0.2) is 12.4 Å². The van der Waals surface area contributed by atoms with Gasteiger partial charge in [-0.05, 0) is 41.5 Å². The number of hydrogen-bond acceptors (Lipinski definition) is 7. The van der Waals surface area contributed by atoms with E-state index in [0.29, 0.717) is 0 Å². The molecular formula is C22H40N6O. The highest BCUT2D eigenvalue weighted by atomic mass is 16.5. The Kier molecular flexibility index (Phi) is 7.02. The van der Waals surface area contributed by atoms with Gasteiger partial charge in [0.05, 0.1) is 12.2 Å². The molecule has 0 unspecified atom stereocenters. The lowest BCUT2D eigenvalue weighted by Gasteiger charge is -2.42. The van der Waals surface area contributed by atoms with Crippen molar-refractivity contribution in [2.24, 2.45) is 0 Å². The molecule has 29 heavy (non-hydrogen) atoms. The summed E-state index contributed by atoms with van der Waals surface area (Å²) >= 11 is 0. The second kappa shape index (κ2) is 9.14. The van der Waals surface area contributed by atoms with Crippen LogP contribution in [0.5, 0.6) is 0 Å². The number of rotatable bonds is 5. The van der Waals surface area contributed by atoms with Gasteiger partial charge in [-0.25, -0.2) is 9.97 Å². The maximum atomic E-state index is 5.87. The van der Waals surface area contributed by atoms with Crippen LogP contribution in [0.4, 0.5) is 11.6 Å². The average Bonchev–Trinajstić information content (AvgIpc) is 2.67. The van der Waals surface area contributed by atoms with E-state index in [1.807, 2.05) is 0 Å². The highest BCUT2D eigenvalue weighted by Gasteiger charge is 2.27. The monoisotopic (exact) mass is 404 g/mol. The fourth-order valence-electron chi connectivity index (χ4n) is 3.97. The first-order valence-corrected chi connectivity index (χ1v) is 11.1. The predicted molar refractivity (Wildman–Crippen MR) is 120 cm³/mol. The Balaban J connectivity index is 1.49. The molecule has 0 spiro atoms. The number of hydrogen-bond donors (Lipinski definition) is 0. The standard InChI is InChI=1S/C22H40N6O/c1-21(2,3)28-13-11-27(12-14-28)20-17-19(23-18-24-20)26-9-7-25(8-10-26)15-16-29-22(4,5)6/h17-18H,7-16H2,1-6H3. The third-order valence-electron chi connectivity index (χ3n) is 5.83. The lowest BCUT2D eigenvalue weighted by atomic mass is 10.1. The Labute approximate surface area is 177 Å². The maximum Gasteiger partial charge on any atom is 0.134 e. The zero-order valence-corrected chi connectivity index (χ0v) is 19.3. The first kappa shape index (κ1) is 22.2. The SMILES string of the molecule is CC(C)(C)OCCN1CCN(c2cc(N3CCN(C(C)(C)C)CC3)ncn2)CC1. The van der Waals surface area contributed by atoms with Crippen molar-refractivity contribution in [1.29, 1.82) is 0 Å². The van der Waals surface area contributed by atoms with Crippen LogP contribution < -0.4 is 9.80 Å². The van der Waals surface area contributed by atoms with E-state index < -0.39 is 0 Å². The second-order valence-electron chi connectivity index (χ2n) is 10.2. The molecule has 0 saturated carbocycles. The molecule has 2 aliphatic rings. The Bertz CT molecular complexity index is 637. The normalized spacial score (nSPS) is 20.3. The molecule has 0 amide bonds. The van der Waals surface area contributed by atoms with Crippen LogP contribution in [-0.4, -0.2) is 96.4 Å². The van der Waals surface area contributed by atoms with E-state index in [2.05, 4.69) is 77.2 Å². The van der Waals surface area contributed by atoms with Gasteiger partial charge >= 0.3 is 0 Å². The molecule has 0 aromatic carbocycles. The first-order chi connectivity index (χ1) is 13.6. The van der Waals surface area contributed by atoms with Gasteiger partial charge in [0.1, 0.15) is 18.0 Å². The molecule has 3 rings (SSSR count). The Hall–Kier alpha value is -1.44.